The average Bonchev–Trinajstić information content (AvgIpc) is 2.65. The minimum absolute atomic E-state index is 0.535. The van der Waals surface area contributed by atoms with Crippen molar-refractivity contribution < 1.29 is 18.6 Å². The molecule has 17 heavy (non-hydrogen) atoms. The lowest BCUT2D eigenvalue weighted by molar-refractivity contribution is -0.0202. The Hall–Kier alpha value is -1.80. The number of aliphatic hydroxyl groups excluding tert-OH is 1. The van der Waals surface area contributed by atoms with Crippen molar-refractivity contribution in [3.8, 4) is 0 Å². The van der Waals surface area contributed by atoms with Crippen molar-refractivity contribution in [3.05, 3.63) is 34.4 Å². The summed E-state index contributed by atoms with van der Waals surface area (Å²) in [6.45, 7) is -0.571. The van der Waals surface area contributed by atoms with Crippen LogP contribution < -0.4 is 11.4 Å². The molecular formula is C9H9F2N3O3. The molecule has 2 rings (SSSR count). The minimum Gasteiger partial charge on any atom is -0.393 e. The second-order valence-electron chi connectivity index (χ2n) is 3.41. The van der Waals surface area contributed by atoms with E-state index in [1.165, 1.54) is 0 Å². The van der Waals surface area contributed by atoms with Gasteiger partial charge < -0.3 is 15.6 Å². The largest absolute Gasteiger partial charge is 0.393 e. The van der Waals surface area contributed by atoms with E-state index in [-0.39, 0.29) is 0 Å². The zero-order chi connectivity index (χ0) is 12.6. The van der Waals surface area contributed by atoms with Crippen molar-refractivity contribution in [3.63, 3.8) is 0 Å². The second-order valence-corrected chi connectivity index (χ2v) is 3.41. The number of aliphatic hydroxyl groups is 1. The highest BCUT2D eigenvalue weighted by Crippen LogP contribution is 2.26. The van der Waals surface area contributed by atoms with Crippen molar-refractivity contribution in [1.29, 1.82) is 0 Å². The molecule has 0 aliphatic carbocycles. The first kappa shape index (κ1) is 11.7. The van der Waals surface area contributed by atoms with Gasteiger partial charge in [0.25, 0.3) is 0 Å². The number of aromatic nitrogens is 2. The smallest absolute Gasteiger partial charge is 0.352 e. The van der Waals surface area contributed by atoms with E-state index >= 15 is 0 Å². The highest BCUT2D eigenvalue weighted by Gasteiger charge is 2.29. The number of ether oxygens (including phenoxy) is 1. The quantitative estimate of drug-likeness (QED) is 0.747. The van der Waals surface area contributed by atoms with Gasteiger partial charge in [-0.05, 0) is 6.08 Å². The summed E-state index contributed by atoms with van der Waals surface area (Å²) in [6.07, 6.45) is -0.548. The van der Waals surface area contributed by atoms with Crippen LogP contribution in [0.1, 0.15) is 6.23 Å². The summed E-state index contributed by atoms with van der Waals surface area (Å²) >= 11 is 0. The summed E-state index contributed by atoms with van der Waals surface area (Å²) in [6, 6.07) is 0. The molecule has 1 aliphatic heterocycles. The molecule has 0 aromatic carbocycles. The fraction of sp³-hybridized carbons (Fsp3) is 0.333. The second kappa shape index (κ2) is 4.22. The van der Waals surface area contributed by atoms with Gasteiger partial charge in [-0.3, -0.25) is 4.57 Å². The van der Waals surface area contributed by atoms with Gasteiger partial charge in [-0.1, -0.05) is 0 Å². The molecule has 0 amide bonds. The van der Waals surface area contributed by atoms with Crippen LogP contribution in [0.3, 0.4) is 0 Å². The summed E-state index contributed by atoms with van der Waals surface area (Å²) < 4.78 is 32.0. The normalized spacial score (nSPS) is 23.8. The van der Waals surface area contributed by atoms with Gasteiger partial charge in [-0.25, -0.2) is 13.6 Å². The van der Waals surface area contributed by atoms with Crippen molar-refractivity contribution in [2.24, 2.45) is 0 Å². The van der Waals surface area contributed by atoms with Gasteiger partial charge in [0.05, 0.1) is 12.8 Å². The third kappa shape index (κ3) is 2.04. The van der Waals surface area contributed by atoms with Crippen LogP contribution in [-0.4, -0.2) is 27.4 Å². The number of nitrogens with zero attached hydrogens (tertiary/aromatic N) is 2. The van der Waals surface area contributed by atoms with E-state index in [4.69, 9.17) is 15.6 Å². The summed E-state index contributed by atoms with van der Waals surface area (Å²) in [4.78, 5) is 14.6. The summed E-state index contributed by atoms with van der Waals surface area (Å²) in [5, 5.41) is 8.77. The van der Waals surface area contributed by atoms with Crippen molar-refractivity contribution >= 4 is 5.82 Å². The molecule has 0 fully saturated rings. The number of hydrogen-bond acceptors (Lipinski definition) is 5. The first-order valence-electron chi connectivity index (χ1n) is 4.70. The molecule has 0 spiro atoms. The molecular weight excluding hydrogens is 236 g/mol. The molecule has 8 heteroatoms. The number of rotatable bonds is 2. The first-order chi connectivity index (χ1) is 8.02. The van der Waals surface area contributed by atoms with Crippen LogP contribution >= 0.6 is 0 Å². The molecule has 1 aromatic heterocycles. The van der Waals surface area contributed by atoms with Crippen LogP contribution in [0.5, 0.6) is 0 Å². The van der Waals surface area contributed by atoms with Crippen molar-refractivity contribution in [1.82, 2.24) is 9.55 Å². The van der Waals surface area contributed by atoms with Crippen LogP contribution in [0.25, 0.3) is 0 Å². The molecule has 92 valence electrons. The Morgan fingerprint density at radius 2 is 2.29 bits per heavy atom. The number of halogens is 2. The van der Waals surface area contributed by atoms with Gasteiger partial charge in [-0.15, -0.1) is 0 Å². The van der Waals surface area contributed by atoms with Crippen molar-refractivity contribution in [2.45, 2.75) is 12.3 Å². The van der Waals surface area contributed by atoms with Crippen molar-refractivity contribution in [2.75, 3.05) is 12.3 Å². The third-order valence-corrected chi connectivity index (χ3v) is 2.29. The Kier molecular flexibility index (Phi) is 2.90. The van der Waals surface area contributed by atoms with E-state index in [1.54, 1.807) is 0 Å². The molecule has 0 radical (unpaired) electrons. The predicted octanol–water partition coefficient (Wildman–Crippen LogP) is -0.292. The molecule has 0 bridgehead atoms. The van der Waals surface area contributed by atoms with Gasteiger partial charge in [-0.2, -0.15) is 4.98 Å². The topological polar surface area (TPSA) is 90.4 Å². The number of hydrogen-bond donors (Lipinski definition) is 2. The lowest BCUT2D eigenvalue weighted by Crippen LogP contribution is -2.29. The molecule has 6 nitrogen and oxygen atoms in total. The maximum Gasteiger partial charge on any atom is 0.352 e. The van der Waals surface area contributed by atoms with Gasteiger partial charge in [0.15, 0.2) is 17.9 Å². The Labute approximate surface area is 94.0 Å². The molecule has 1 aliphatic rings. The molecule has 1 aromatic rings. The lowest BCUT2D eigenvalue weighted by atomic mass is 10.3. The summed E-state index contributed by atoms with van der Waals surface area (Å²) in [5.41, 5.74) is 4.23. The highest BCUT2D eigenvalue weighted by atomic mass is 19.1. The van der Waals surface area contributed by atoms with Gasteiger partial charge >= 0.3 is 5.69 Å². The van der Waals surface area contributed by atoms with Gasteiger partial charge in [0.2, 0.25) is 0 Å². The Morgan fingerprint density at radius 3 is 2.88 bits per heavy atom. The van der Waals surface area contributed by atoms with Gasteiger partial charge in [0.1, 0.15) is 11.9 Å². The Bertz CT molecular complexity index is 529. The van der Waals surface area contributed by atoms with E-state index in [1.807, 2.05) is 0 Å². The Balaban J connectivity index is 2.37. The van der Waals surface area contributed by atoms with E-state index in [9.17, 15) is 13.6 Å². The van der Waals surface area contributed by atoms with Crippen LogP contribution in [0, 0.1) is 5.82 Å². The minimum atomic E-state index is -1.15. The summed E-state index contributed by atoms with van der Waals surface area (Å²) in [5.74, 6) is -2.16. The molecule has 3 N–H and O–H groups in total. The highest BCUT2D eigenvalue weighted by molar-refractivity contribution is 5.26. The fourth-order valence-electron chi connectivity index (χ4n) is 1.43. The maximum absolute atomic E-state index is 13.2. The standard InChI is InChI=1S/C9H9F2N3O3/c10-4-1-7(17-6(4)3-15)14-2-5(11)8(12)13-9(14)16/h1-2,6-7,15H,3H2,(H2,12,13,16)/t6?,7-/m0/s1. The summed E-state index contributed by atoms with van der Waals surface area (Å²) in [7, 11) is 0. The number of anilines is 1. The monoisotopic (exact) mass is 245 g/mol. The van der Waals surface area contributed by atoms with E-state index < -0.39 is 42.1 Å². The molecule has 0 saturated heterocycles. The van der Waals surface area contributed by atoms with Crippen LogP contribution in [0.4, 0.5) is 14.6 Å². The predicted molar refractivity (Wildman–Crippen MR) is 53.1 cm³/mol. The van der Waals surface area contributed by atoms with E-state index in [0.29, 0.717) is 0 Å². The SMILES string of the molecule is Nc1nc(=O)n([C@@H]2C=C(F)C(CO)O2)cc1F. The maximum atomic E-state index is 13.2. The first-order valence-corrected chi connectivity index (χ1v) is 4.70. The molecule has 1 unspecified atom stereocenters. The molecule has 2 heterocycles. The average molecular weight is 245 g/mol. The molecule has 2 atom stereocenters. The lowest BCUT2D eigenvalue weighted by Gasteiger charge is -2.14. The molecule has 0 saturated carbocycles. The van der Waals surface area contributed by atoms with Crippen LogP contribution in [0.2, 0.25) is 0 Å². The Morgan fingerprint density at radius 1 is 1.59 bits per heavy atom. The number of nitrogen functional groups attached to an aromatic ring is 1. The number of nitrogens with two attached hydrogens (primary N) is 1. The zero-order valence-electron chi connectivity index (χ0n) is 8.51. The fourth-order valence-corrected chi connectivity index (χ4v) is 1.43. The third-order valence-electron chi connectivity index (χ3n) is 2.29. The van der Waals surface area contributed by atoms with Gasteiger partial charge in [0, 0.05) is 0 Å². The van der Waals surface area contributed by atoms with Crippen LogP contribution in [-0.2, 0) is 4.74 Å². The van der Waals surface area contributed by atoms with E-state index in [0.717, 1.165) is 16.8 Å². The zero-order valence-corrected chi connectivity index (χ0v) is 8.51. The van der Waals surface area contributed by atoms with Crippen LogP contribution in [0.15, 0.2) is 22.9 Å². The van der Waals surface area contributed by atoms with E-state index in [2.05, 4.69) is 4.98 Å².